The molecule has 0 amide bonds. The number of alkyl halides is 1. The fraction of sp³-hybridized carbons (Fsp3) is 0.200. The average Bonchev–Trinajstić information content (AvgIpc) is 2.38. The molecule has 0 aliphatic heterocycles. The summed E-state index contributed by atoms with van der Waals surface area (Å²) in [4.78, 5) is 1.74. The second kappa shape index (κ2) is 6.02. The van der Waals surface area contributed by atoms with Crippen LogP contribution < -0.4 is 4.90 Å². The molecule has 4 heteroatoms. The minimum atomic E-state index is -0.322. The number of rotatable bonds is 4. The van der Waals surface area contributed by atoms with Crippen molar-refractivity contribution in [2.45, 2.75) is 12.4 Å². The highest BCUT2D eigenvalue weighted by molar-refractivity contribution is 6.17. The van der Waals surface area contributed by atoms with E-state index in [1.165, 1.54) is 18.2 Å². The molecule has 0 aromatic heterocycles. The van der Waals surface area contributed by atoms with Gasteiger partial charge in [0.05, 0.1) is 5.69 Å². The molecule has 2 rings (SSSR count). The Hall–Kier alpha value is -1.61. The molecule has 0 N–H and O–H groups in total. The maximum atomic E-state index is 13.9. The van der Waals surface area contributed by atoms with Gasteiger partial charge in [0.2, 0.25) is 0 Å². The third-order valence-corrected chi connectivity index (χ3v) is 3.19. The molecule has 0 aliphatic carbocycles. The van der Waals surface area contributed by atoms with Gasteiger partial charge in [-0.2, -0.15) is 0 Å². The fourth-order valence-electron chi connectivity index (χ4n) is 2.08. The number of nitrogens with zero attached hydrogens (tertiary/aromatic N) is 1. The van der Waals surface area contributed by atoms with Gasteiger partial charge in [-0.3, -0.25) is 0 Å². The second-order valence-electron chi connectivity index (χ2n) is 4.37. The van der Waals surface area contributed by atoms with Crippen LogP contribution in [0.5, 0.6) is 0 Å². The Morgan fingerprint density at radius 2 is 1.84 bits per heavy atom. The van der Waals surface area contributed by atoms with E-state index in [9.17, 15) is 8.78 Å². The van der Waals surface area contributed by atoms with Crippen molar-refractivity contribution < 1.29 is 8.78 Å². The Morgan fingerprint density at radius 3 is 2.53 bits per heavy atom. The number of hydrogen-bond donors (Lipinski definition) is 0. The van der Waals surface area contributed by atoms with Crippen LogP contribution in [0.1, 0.15) is 11.1 Å². The molecule has 2 aromatic carbocycles. The van der Waals surface area contributed by atoms with E-state index in [0.29, 0.717) is 12.2 Å². The highest BCUT2D eigenvalue weighted by Gasteiger charge is 2.12. The zero-order chi connectivity index (χ0) is 13.8. The third-order valence-electron chi connectivity index (χ3n) is 2.90. The highest BCUT2D eigenvalue weighted by atomic mass is 35.5. The van der Waals surface area contributed by atoms with Gasteiger partial charge in [0.15, 0.2) is 0 Å². The Balaban J connectivity index is 2.27. The molecule has 0 fully saturated rings. The van der Waals surface area contributed by atoms with Crippen LogP contribution in [0.15, 0.2) is 42.5 Å². The van der Waals surface area contributed by atoms with Crippen molar-refractivity contribution in [3.63, 3.8) is 0 Å². The zero-order valence-electron chi connectivity index (χ0n) is 10.5. The predicted molar refractivity (Wildman–Crippen MR) is 74.5 cm³/mol. The van der Waals surface area contributed by atoms with Crippen molar-refractivity contribution in [2.24, 2.45) is 0 Å². The van der Waals surface area contributed by atoms with Crippen molar-refractivity contribution in [1.82, 2.24) is 0 Å². The largest absolute Gasteiger partial charge is 0.368 e. The molecule has 1 nitrogen and oxygen atoms in total. The van der Waals surface area contributed by atoms with Gasteiger partial charge in [0.25, 0.3) is 0 Å². The van der Waals surface area contributed by atoms with E-state index in [1.807, 2.05) is 0 Å². The number of halogens is 3. The van der Waals surface area contributed by atoms with Gasteiger partial charge < -0.3 is 4.90 Å². The smallest absolute Gasteiger partial charge is 0.146 e. The molecule has 0 radical (unpaired) electrons. The summed E-state index contributed by atoms with van der Waals surface area (Å²) in [5, 5.41) is 0. The second-order valence-corrected chi connectivity index (χ2v) is 4.63. The van der Waals surface area contributed by atoms with Crippen LogP contribution >= 0.6 is 11.6 Å². The van der Waals surface area contributed by atoms with Gasteiger partial charge in [0.1, 0.15) is 11.6 Å². The summed E-state index contributed by atoms with van der Waals surface area (Å²) in [5.74, 6) is -0.380. The molecule has 0 spiro atoms. The predicted octanol–water partition coefficient (Wildman–Crippen LogP) is 4.34. The van der Waals surface area contributed by atoms with Crippen LogP contribution in [-0.2, 0) is 12.4 Å². The van der Waals surface area contributed by atoms with Crippen LogP contribution in [0.4, 0.5) is 14.5 Å². The van der Waals surface area contributed by atoms with Gasteiger partial charge in [0, 0.05) is 19.5 Å². The molecule has 0 saturated heterocycles. The number of para-hydroxylation sites is 1. The monoisotopic (exact) mass is 281 g/mol. The summed E-state index contributed by atoms with van der Waals surface area (Å²) in [6.07, 6.45) is 0. The summed E-state index contributed by atoms with van der Waals surface area (Å²) < 4.78 is 27.0. The van der Waals surface area contributed by atoms with Crippen molar-refractivity contribution in [3.05, 3.63) is 65.2 Å². The molecule has 0 saturated carbocycles. The van der Waals surface area contributed by atoms with Crippen molar-refractivity contribution in [2.75, 3.05) is 11.9 Å². The highest BCUT2D eigenvalue weighted by Crippen LogP contribution is 2.26. The average molecular weight is 282 g/mol. The van der Waals surface area contributed by atoms with Crippen LogP contribution in [0, 0.1) is 11.6 Å². The van der Waals surface area contributed by atoms with E-state index in [2.05, 4.69) is 0 Å². The Kier molecular flexibility index (Phi) is 4.38. The summed E-state index contributed by atoms with van der Waals surface area (Å²) in [6.45, 7) is 0.419. The fourth-order valence-corrected chi connectivity index (χ4v) is 2.30. The lowest BCUT2D eigenvalue weighted by molar-refractivity contribution is 0.618. The first-order valence-corrected chi connectivity index (χ1v) is 6.44. The van der Waals surface area contributed by atoms with E-state index < -0.39 is 0 Å². The normalized spacial score (nSPS) is 10.5. The van der Waals surface area contributed by atoms with Gasteiger partial charge in [-0.15, -0.1) is 11.6 Å². The molecule has 0 atom stereocenters. The molecular weight excluding hydrogens is 268 g/mol. The summed E-state index contributed by atoms with van der Waals surface area (Å²) in [5.41, 5.74) is 1.97. The lowest BCUT2D eigenvalue weighted by Gasteiger charge is -2.22. The van der Waals surface area contributed by atoms with E-state index in [1.54, 1.807) is 36.2 Å². The minimum absolute atomic E-state index is 0.237. The lowest BCUT2D eigenvalue weighted by atomic mass is 10.1. The summed E-state index contributed by atoms with van der Waals surface area (Å²) in [6, 6.07) is 11.1. The van der Waals surface area contributed by atoms with Gasteiger partial charge in [-0.05, 0) is 29.3 Å². The maximum Gasteiger partial charge on any atom is 0.146 e. The first-order valence-electron chi connectivity index (χ1n) is 5.90. The molecule has 100 valence electrons. The van der Waals surface area contributed by atoms with Crippen molar-refractivity contribution in [3.8, 4) is 0 Å². The SMILES string of the molecule is CN(Cc1cccc(F)c1)c1c(F)cccc1CCl. The number of benzene rings is 2. The number of anilines is 1. The van der Waals surface area contributed by atoms with Crippen LogP contribution in [0.3, 0.4) is 0 Å². The van der Waals surface area contributed by atoms with Crippen LogP contribution in [-0.4, -0.2) is 7.05 Å². The standard InChI is InChI=1S/C15H14ClF2N/c1-19(10-11-4-2-6-13(17)8-11)15-12(9-16)5-3-7-14(15)18/h2-8H,9-10H2,1H3. The topological polar surface area (TPSA) is 3.24 Å². The van der Waals surface area contributed by atoms with Gasteiger partial charge in [-0.25, -0.2) is 8.78 Å². The molecule has 0 heterocycles. The van der Waals surface area contributed by atoms with Crippen molar-refractivity contribution in [1.29, 1.82) is 0 Å². The molecule has 0 aliphatic rings. The van der Waals surface area contributed by atoms with E-state index in [4.69, 9.17) is 11.6 Å². The van der Waals surface area contributed by atoms with Gasteiger partial charge >= 0.3 is 0 Å². The van der Waals surface area contributed by atoms with Gasteiger partial charge in [-0.1, -0.05) is 24.3 Å². The van der Waals surface area contributed by atoms with E-state index >= 15 is 0 Å². The van der Waals surface area contributed by atoms with E-state index in [0.717, 1.165) is 11.1 Å². The van der Waals surface area contributed by atoms with Crippen LogP contribution in [0.25, 0.3) is 0 Å². The molecular formula is C15H14ClF2N. The number of hydrogen-bond acceptors (Lipinski definition) is 1. The Morgan fingerprint density at radius 1 is 1.11 bits per heavy atom. The third kappa shape index (κ3) is 3.24. The van der Waals surface area contributed by atoms with Crippen molar-refractivity contribution >= 4 is 17.3 Å². The zero-order valence-corrected chi connectivity index (χ0v) is 11.3. The molecule has 0 unspecified atom stereocenters. The molecule has 19 heavy (non-hydrogen) atoms. The summed E-state index contributed by atoms with van der Waals surface area (Å²) >= 11 is 5.82. The minimum Gasteiger partial charge on any atom is -0.368 e. The quantitative estimate of drug-likeness (QED) is 0.754. The first-order chi connectivity index (χ1) is 9.11. The molecule has 2 aromatic rings. The van der Waals surface area contributed by atoms with Crippen LogP contribution in [0.2, 0.25) is 0 Å². The first kappa shape index (κ1) is 13.8. The Labute approximate surface area is 116 Å². The lowest BCUT2D eigenvalue weighted by Crippen LogP contribution is -2.19. The van der Waals surface area contributed by atoms with E-state index in [-0.39, 0.29) is 17.5 Å². The maximum absolute atomic E-state index is 13.9. The Bertz CT molecular complexity index is 572. The summed E-state index contributed by atoms with van der Waals surface area (Å²) in [7, 11) is 1.76. The molecule has 0 bridgehead atoms.